The van der Waals surface area contributed by atoms with Gasteiger partial charge in [0.05, 0.1) is 24.6 Å². The molecule has 4 rings (SSSR count). The van der Waals surface area contributed by atoms with Crippen LogP contribution in [0.25, 0.3) is 22.5 Å². The zero-order valence-corrected chi connectivity index (χ0v) is 12.7. The van der Waals surface area contributed by atoms with Gasteiger partial charge in [0.2, 0.25) is 0 Å². The molecule has 23 heavy (non-hydrogen) atoms. The smallest absolute Gasteiger partial charge is 0.198 e. The van der Waals surface area contributed by atoms with E-state index in [-0.39, 0.29) is 0 Å². The SMILES string of the molecule is Clc1ccc2c(NCc3ccco3)nc(-c3ccco3)nc2c1. The van der Waals surface area contributed by atoms with Crippen molar-refractivity contribution in [3.63, 3.8) is 0 Å². The van der Waals surface area contributed by atoms with E-state index in [1.807, 2.05) is 36.4 Å². The number of rotatable bonds is 4. The Morgan fingerprint density at radius 2 is 1.87 bits per heavy atom. The van der Waals surface area contributed by atoms with Crippen molar-refractivity contribution in [1.82, 2.24) is 9.97 Å². The van der Waals surface area contributed by atoms with Crippen molar-refractivity contribution in [2.24, 2.45) is 0 Å². The number of furan rings is 2. The molecule has 1 aromatic carbocycles. The number of fused-ring (bicyclic) bond motifs is 1. The summed E-state index contributed by atoms with van der Waals surface area (Å²) in [5.41, 5.74) is 0.751. The highest BCUT2D eigenvalue weighted by atomic mass is 35.5. The minimum Gasteiger partial charge on any atom is -0.467 e. The van der Waals surface area contributed by atoms with Crippen molar-refractivity contribution < 1.29 is 8.83 Å². The van der Waals surface area contributed by atoms with Gasteiger partial charge in [-0.25, -0.2) is 9.97 Å². The number of benzene rings is 1. The van der Waals surface area contributed by atoms with Gasteiger partial charge in [-0.2, -0.15) is 0 Å². The van der Waals surface area contributed by atoms with Crippen LogP contribution in [-0.4, -0.2) is 9.97 Å². The van der Waals surface area contributed by atoms with Crippen LogP contribution in [0, 0.1) is 0 Å². The average molecular weight is 326 g/mol. The molecule has 0 radical (unpaired) electrons. The predicted octanol–water partition coefficient (Wildman–Crippen LogP) is 4.75. The third kappa shape index (κ3) is 2.78. The van der Waals surface area contributed by atoms with Gasteiger partial charge in [0.25, 0.3) is 0 Å². The van der Waals surface area contributed by atoms with E-state index in [0.717, 1.165) is 16.7 Å². The van der Waals surface area contributed by atoms with E-state index in [4.69, 9.17) is 20.4 Å². The van der Waals surface area contributed by atoms with E-state index in [0.29, 0.717) is 29.0 Å². The minimum absolute atomic E-state index is 0.506. The Labute approximate surface area is 136 Å². The number of hydrogen-bond donors (Lipinski definition) is 1. The number of halogens is 1. The minimum atomic E-state index is 0.506. The first-order chi connectivity index (χ1) is 11.3. The van der Waals surface area contributed by atoms with Gasteiger partial charge in [-0.1, -0.05) is 11.6 Å². The summed E-state index contributed by atoms with van der Waals surface area (Å²) in [6, 6.07) is 12.9. The monoisotopic (exact) mass is 325 g/mol. The van der Waals surface area contributed by atoms with Crippen LogP contribution >= 0.6 is 11.6 Å². The first kappa shape index (κ1) is 13.8. The normalized spacial score (nSPS) is 11.0. The van der Waals surface area contributed by atoms with Crippen LogP contribution in [0.1, 0.15) is 5.76 Å². The molecule has 0 fully saturated rings. The van der Waals surface area contributed by atoms with Gasteiger partial charge in [0.15, 0.2) is 11.6 Å². The van der Waals surface area contributed by atoms with Gasteiger partial charge in [-0.05, 0) is 42.5 Å². The molecule has 0 aliphatic rings. The summed E-state index contributed by atoms with van der Waals surface area (Å²) in [7, 11) is 0. The third-order valence-electron chi connectivity index (χ3n) is 3.41. The Bertz CT molecular complexity index is 934. The van der Waals surface area contributed by atoms with Crippen molar-refractivity contribution in [2.45, 2.75) is 6.54 Å². The third-order valence-corrected chi connectivity index (χ3v) is 3.65. The molecule has 0 unspecified atom stereocenters. The molecule has 0 saturated carbocycles. The van der Waals surface area contributed by atoms with Crippen molar-refractivity contribution in [2.75, 3.05) is 5.32 Å². The Morgan fingerprint density at radius 3 is 2.65 bits per heavy atom. The summed E-state index contributed by atoms with van der Waals surface area (Å²) in [6.07, 6.45) is 3.24. The Hall–Kier alpha value is -2.79. The van der Waals surface area contributed by atoms with Crippen LogP contribution in [0.4, 0.5) is 5.82 Å². The summed E-state index contributed by atoms with van der Waals surface area (Å²) in [5, 5.41) is 4.79. The second kappa shape index (κ2) is 5.78. The van der Waals surface area contributed by atoms with Gasteiger partial charge in [-0.3, -0.25) is 0 Å². The van der Waals surface area contributed by atoms with Gasteiger partial charge >= 0.3 is 0 Å². The Kier molecular flexibility index (Phi) is 3.48. The maximum atomic E-state index is 6.09. The highest BCUT2D eigenvalue weighted by Gasteiger charge is 2.12. The fourth-order valence-corrected chi connectivity index (χ4v) is 2.50. The highest BCUT2D eigenvalue weighted by Crippen LogP contribution is 2.27. The number of nitrogens with zero attached hydrogens (tertiary/aromatic N) is 2. The molecule has 0 spiro atoms. The maximum Gasteiger partial charge on any atom is 0.198 e. The molecule has 3 heterocycles. The lowest BCUT2D eigenvalue weighted by molar-refractivity contribution is 0.518. The molecule has 0 amide bonds. The first-order valence-electron chi connectivity index (χ1n) is 7.07. The lowest BCUT2D eigenvalue weighted by Crippen LogP contribution is -2.03. The second-order valence-electron chi connectivity index (χ2n) is 4.97. The number of nitrogens with one attached hydrogen (secondary N) is 1. The predicted molar refractivity (Wildman–Crippen MR) is 88.3 cm³/mol. The van der Waals surface area contributed by atoms with Crippen molar-refractivity contribution >= 4 is 28.3 Å². The topological polar surface area (TPSA) is 64.1 Å². The lowest BCUT2D eigenvalue weighted by Gasteiger charge is -2.09. The quantitative estimate of drug-likeness (QED) is 0.586. The van der Waals surface area contributed by atoms with E-state index >= 15 is 0 Å². The lowest BCUT2D eigenvalue weighted by atomic mass is 10.2. The molecule has 1 N–H and O–H groups in total. The molecule has 5 nitrogen and oxygen atoms in total. The summed E-state index contributed by atoms with van der Waals surface area (Å²) in [4.78, 5) is 9.10. The average Bonchev–Trinajstić information content (AvgIpc) is 3.25. The number of hydrogen-bond acceptors (Lipinski definition) is 5. The van der Waals surface area contributed by atoms with Crippen LogP contribution in [0.3, 0.4) is 0 Å². The molecule has 0 bridgehead atoms. The highest BCUT2D eigenvalue weighted by molar-refractivity contribution is 6.31. The fraction of sp³-hybridized carbons (Fsp3) is 0.0588. The molecule has 0 atom stereocenters. The molecular formula is C17H12ClN3O2. The van der Waals surface area contributed by atoms with Gasteiger partial charge in [0.1, 0.15) is 11.6 Å². The zero-order valence-electron chi connectivity index (χ0n) is 12.0. The van der Waals surface area contributed by atoms with Gasteiger partial charge in [0, 0.05) is 10.4 Å². The molecule has 4 aromatic rings. The van der Waals surface area contributed by atoms with Crippen molar-refractivity contribution in [3.8, 4) is 11.6 Å². The standard InChI is InChI=1S/C17H12ClN3O2/c18-11-5-6-13-14(9-11)20-17(15-4-2-8-23-15)21-16(13)19-10-12-3-1-7-22-12/h1-9H,10H2,(H,19,20,21). The Balaban J connectivity index is 1.79. The van der Waals surface area contributed by atoms with Crippen LogP contribution in [-0.2, 0) is 6.54 Å². The molecule has 3 aromatic heterocycles. The summed E-state index contributed by atoms with van der Waals surface area (Å²) in [6.45, 7) is 0.527. The van der Waals surface area contributed by atoms with E-state index in [9.17, 15) is 0 Å². The molecule has 0 aliphatic heterocycles. The molecule has 0 saturated heterocycles. The number of anilines is 1. The maximum absolute atomic E-state index is 6.09. The van der Waals surface area contributed by atoms with E-state index in [1.165, 1.54) is 0 Å². The van der Waals surface area contributed by atoms with Crippen LogP contribution in [0.15, 0.2) is 63.8 Å². The Morgan fingerprint density at radius 1 is 1.00 bits per heavy atom. The van der Waals surface area contributed by atoms with Crippen LogP contribution < -0.4 is 5.32 Å². The summed E-state index contributed by atoms with van der Waals surface area (Å²) >= 11 is 6.09. The first-order valence-corrected chi connectivity index (χ1v) is 7.45. The summed E-state index contributed by atoms with van der Waals surface area (Å²) < 4.78 is 10.7. The van der Waals surface area contributed by atoms with Gasteiger partial charge in [-0.15, -0.1) is 0 Å². The van der Waals surface area contributed by atoms with Gasteiger partial charge < -0.3 is 14.2 Å². The zero-order chi connectivity index (χ0) is 15.6. The summed E-state index contributed by atoms with van der Waals surface area (Å²) in [5.74, 6) is 2.64. The van der Waals surface area contributed by atoms with E-state index in [2.05, 4.69) is 15.3 Å². The number of aromatic nitrogens is 2. The second-order valence-corrected chi connectivity index (χ2v) is 5.40. The fourth-order valence-electron chi connectivity index (χ4n) is 2.34. The van der Waals surface area contributed by atoms with Crippen molar-refractivity contribution in [1.29, 1.82) is 0 Å². The van der Waals surface area contributed by atoms with Crippen molar-refractivity contribution in [3.05, 3.63) is 65.8 Å². The molecule has 6 heteroatoms. The molecule has 0 aliphatic carbocycles. The van der Waals surface area contributed by atoms with Crippen LogP contribution in [0.2, 0.25) is 5.02 Å². The molecule has 114 valence electrons. The largest absolute Gasteiger partial charge is 0.467 e. The van der Waals surface area contributed by atoms with E-state index < -0.39 is 0 Å². The molecular weight excluding hydrogens is 314 g/mol. The van der Waals surface area contributed by atoms with Crippen LogP contribution in [0.5, 0.6) is 0 Å². The van der Waals surface area contributed by atoms with E-state index in [1.54, 1.807) is 18.6 Å².